The van der Waals surface area contributed by atoms with Gasteiger partial charge < -0.3 is 5.32 Å². The lowest BCUT2D eigenvalue weighted by Crippen LogP contribution is -2.26. The Kier molecular flexibility index (Phi) is 3.94. The summed E-state index contributed by atoms with van der Waals surface area (Å²) in [5.41, 5.74) is 3.96. The van der Waals surface area contributed by atoms with Gasteiger partial charge in [-0.2, -0.15) is 5.10 Å². The molecule has 0 unspecified atom stereocenters. The molecule has 1 N–H and O–H groups in total. The normalized spacial score (nSPS) is 10.5. The zero-order valence-corrected chi connectivity index (χ0v) is 11.5. The maximum absolute atomic E-state index is 11.8. The summed E-state index contributed by atoms with van der Waals surface area (Å²) in [5.74, 6) is -0.0905. The fourth-order valence-electron chi connectivity index (χ4n) is 2.08. The highest BCUT2D eigenvalue weighted by Gasteiger charge is 2.10. The highest BCUT2D eigenvalue weighted by atomic mass is 16.1. The van der Waals surface area contributed by atoms with Gasteiger partial charge in [-0.05, 0) is 38.0 Å². The molecular formula is C14H18N4O. The first-order valence-electron chi connectivity index (χ1n) is 6.27. The van der Waals surface area contributed by atoms with Crippen LogP contribution < -0.4 is 5.32 Å². The first-order chi connectivity index (χ1) is 9.09. The molecule has 0 bridgehead atoms. The fourth-order valence-corrected chi connectivity index (χ4v) is 2.08. The van der Waals surface area contributed by atoms with Gasteiger partial charge in [-0.3, -0.25) is 14.5 Å². The highest BCUT2D eigenvalue weighted by Crippen LogP contribution is 2.11. The standard InChI is InChI=1S/C14H18N4O/c1-10-13(11(2)18(3)17-10)6-8-16-14(19)12-5-4-7-15-9-12/h4-5,7,9H,6,8H2,1-3H3,(H,16,19). The molecule has 0 saturated carbocycles. The Bertz CT molecular complexity index is 575. The summed E-state index contributed by atoms with van der Waals surface area (Å²) in [6.45, 7) is 4.63. The molecule has 0 aromatic carbocycles. The van der Waals surface area contributed by atoms with Gasteiger partial charge in [0.2, 0.25) is 0 Å². The Hall–Kier alpha value is -2.17. The number of nitrogens with zero attached hydrogens (tertiary/aromatic N) is 3. The molecule has 5 heteroatoms. The third kappa shape index (κ3) is 2.99. The van der Waals surface area contributed by atoms with Gasteiger partial charge in [-0.15, -0.1) is 0 Å². The van der Waals surface area contributed by atoms with Gasteiger partial charge in [0, 0.05) is 31.7 Å². The van der Waals surface area contributed by atoms with Crippen LogP contribution in [-0.4, -0.2) is 27.2 Å². The molecule has 5 nitrogen and oxygen atoms in total. The minimum absolute atomic E-state index is 0.0905. The van der Waals surface area contributed by atoms with Crippen molar-refractivity contribution in [3.63, 3.8) is 0 Å². The molecule has 0 aliphatic carbocycles. The number of nitrogens with one attached hydrogen (secondary N) is 1. The van der Waals surface area contributed by atoms with E-state index in [9.17, 15) is 4.79 Å². The van der Waals surface area contributed by atoms with Crippen molar-refractivity contribution < 1.29 is 4.79 Å². The molecular weight excluding hydrogens is 240 g/mol. The number of rotatable bonds is 4. The number of aryl methyl sites for hydroxylation is 2. The number of hydrogen-bond donors (Lipinski definition) is 1. The molecule has 19 heavy (non-hydrogen) atoms. The second-order valence-electron chi connectivity index (χ2n) is 4.52. The van der Waals surface area contributed by atoms with Gasteiger partial charge in [0.25, 0.3) is 5.91 Å². The van der Waals surface area contributed by atoms with E-state index < -0.39 is 0 Å². The fraction of sp³-hybridized carbons (Fsp3) is 0.357. The monoisotopic (exact) mass is 258 g/mol. The first kappa shape index (κ1) is 13.3. The van der Waals surface area contributed by atoms with Crippen molar-refractivity contribution in [3.8, 4) is 0 Å². The van der Waals surface area contributed by atoms with E-state index in [0.29, 0.717) is 12.1 Å². The second kappa shape index (κ2) is 5.65. The molecule has 2 rings (SSSR count). The third-order valence-electron chi connectivity index (χ3n) is 3.24. The number of carbonyl (C=O) groups excluding carboxylic acids is 1. The SMILES string of the molecule is Cc1nn(C)c(C)c1CCNC(=O)c1cccnc1. The van der Waals surface area contributed by atoms with Crippen molar-refractivity contribution in [2.75, 3.05) is 6.54 Å². The van der Waals surface area contributed by atoms with Crippen LogP contribution in [0.2, 0.25) is 0 Å². The molecule has 2 aromatic heterocycles. The van der Waals surface area contributed by atoms with Crippen molar-refractivity contribution in [1.29, 1.82) is 0 Å². The average Bonchev–Trinajstić information content (AvgIpc) is 2.66. The lowest BCUT2D eigenvalue weighted by atomic mass is 10.1. The molecule has 100 valence electrons. The van der Waals surface area contributed by atoms with Gasteiger partial charge in [-0.25, -0.2) is 0 Å². The van der Waals surface area contributed by atoms with E-state index in [4.69, 9.17) is 0 Å². The Labute approximate surface area is 112 Å². The molecule has 0 atom stereocenters. The Morgan fingerprint density at radius 1 is 1.42 bits per heavy atom. The average molecular weight is 258 g/mol. The van der Waals surface area contributed by atoms with Gasteiger partial charge >= 0.3 is 0 Å². The number of amides is 1. The number of aromatic nitrogens is 3. The van der Waals surface area contributed by atoms with Gasteiger partial charge in [0.1, 0.15) is 0 Å². The topological polar surface area (TPSA) is 59.8 Å². The van der Waals surface area contributed by atoms with E-state index >= 15 is 0 Å². The van der Waals surface area contributed by atoms with Crippen LogP contribution in [0.3, 0.4) is 0 Å². The smallest absolute Gasteiger partial charge is 0.252 e. The Morgan fingerprint density at radius 3 is 2.79 bits per heavy atom. The van der Waals surface area contributed by atoms with Crippen LogP contribution in [0, 0.1) is 13.8 Å². The lowest BCUT2D eigenvalue weighted by molar-refractivity contribution is 0.0953. The van der Waals surface area contributed by atoms with E-state index in [1.165, 1.54) is 5.56 Å². The minimum Gasteiger partial charge on any atom is -0.352 e. The van der Waals surface area contributed by atoms with E-state index in [0.717, 1.165) is 17.8 Å². The van der Waals surface area contributed by atoms with Crippen molar-refractivity contribution >= 4 is 5.91 Å². The Balaban J connectivity index is 1.92. The zero-order valence-electron chi connectivity index (χ0n) is 11.5. The van der Waals surface area contributed by atoms with Crippen LogP contribution >= 0.6 is 0 Å². The van der Waals surface area contributed by atoms with Gasteiger partial charge in [-0.1, -0.05) is 0 Å². The second-order valence-corrected chi connectivity index (χ2v) is 4.52. The summed E-state index contributed by atoms with van der Waals surface area (Å²) >= 11 is 0. The maximum Gasteiger partial charge on any atom is 0.252 e. The number of pyridine rings is 1. The summed E-state index contributed by atoms with van der Waals surface area (Å²) in [6, 6.07) is 3.51. The Morgan fingerprint density at radius 2 is 2.21 bits per heavy atom. The molecule has 1 amide bonds. The summed E-state index contributed by atoms with van der Waals surface area (Å²) in [7, 11) is 1.93. The molecule has 2 aromatic rings. The molecule has 2 heterocycles. The maximum atomic E-state index is 11.8. The van der Waals surface area contributed by atoms with Crippen molar-refractivity contribution in [2.45, 2.75) is 20.3 Å². The van der Waals surface area contributed by atoms with Crippen molar-refractivity contribution in [2.24, 2.45) is 7.05 Å². The van der Waals surface area contributed by atoms with Gasteiger partial charge in [0.15, 0.2) is 0 Å². The summed E-state index contributed by atoms with van der Waals surface area (Å²) in [6.07, 6.45) is 4.01. The molecule has 0 radical (unpaired) electrons. The predicted octanol–water partition coefficient (Wildman–Crippen LogP) is 1.40. The molecule has 0 aliphatic heterocycles. The van der Waals surface area contributed by atoms with Crippen LogP contribution in [0.5, 0.6) is 0 Å². The first-order valence-corrected chi connectivity index (χ1v) is 6.27. The molecule has 0 spiro atoms. The summed E-state index contributed by atoms with van der Waals surface area (Å²) < 4.78 is 1.87. The number of carbonyl (C=O) groups is 1. The van der Waals surface area contributed by atoms with E-state index in [1.807, 2.05) is 25.6 Å². The van der Waals surface area contributed by atoms with Crippen LogP contribution in [0.15, 0.2) is 24.5 Å². The van der Waals surface area contributed by atoms with Crippen LogP contribution in [-0.2, 0) is 13.5 Å². The molecule has 0 fully saturated rings. The minimum atomic E-state index is -0.0905. The van der Waals surface area contributed by atoms with E-state index in [1.54, 1.807) is 24.5 Å². The van der Waals surface area contributed by atoms with Crippen molar-refractivity contribution in [3.05, 3.63) is 47.0 Å². The van der Waals surface area contributed by atoms with E-state index in [2.05, 4.69) is 15.4 Å². The van der Waals surface area contributed by atoms with E-state index in [-0.39, 0.29) is 5.91 Å². The predicted molar refractivity (Wildman–Crippen MR) is 73.0 cm³/mol. The molecule has 0 saturated heterocycles. The lowest BCUT2D eigenvalue weighted by Gasteiger charge is -2.05. The zero-order chi connectivity index (χ0) is 13.8. The third-order valence-corrected chi connectivity index (χ3v) is 3.24. The summed E-state index contributed by atoms with van der Waals surface area (Å²) in [4.78, 5) is 15.8. The number of hydrogen-bond acceptors (Lipinski definition) is 3. The quantitative estimate of drug-likeness (QED) is 0.902. The van der Waals surface area contributed by atoms with Crippen molar-refractivity contribution in [1.82, 2.24) is 20.1 Å². The largest absolute Gasteiger partial charge is 0.352 e. The summed E-state index contributed by atoms with van der Waals surface area (Å²) in [5, 5.41) is 7.26. The van der Waals surface area contributed by atoms with Gasteiger partial charge in [0.05, 0.1) is 11.3 Å². The van der Waals surface area contributed by atoms with Crippen LogP contribution in [0.25, 0.3) is 0 Å². The molecule has 0 aliphatic rings. The highest BCUT2D eigenvalue weighted by molar-refractivity contribution is 5.93. The van der Waals surface area contributed by atoms with Crippen LogP contribution in [0.4, 0.5) is 0 Å². The van der Waals surface area contributed by atoms with Crippen LogP contribution in [0.1, 0.15) is 27.3 Å².